The summed E-state index contributed by atoms with van der Waals surface area (Å²) in [4.78, 5) is 10.5. The number of rotatable bonds is 5. The summed E-state index contributed by atoms with van der Waals surface area (Å²) in [6.07, 6.45) is 1.69. The third kappa shape index (κ3) is 2.82. The number of nitro groups is 1. The summed E-state index contributed by atoms with van der Waals surface area (Å²) in [7, 11) is 1.52. The van der Waals surface area contributed by atoms with Crippen molar-refractivity contribution in [2.24, 2.45) is 0 Å². The fraction of sp³-hybridized carbons (Fsp3) is 0.250. The standard InChI is InChI=1S/C12H14N4O3/c1-8-9(7-14-15-8)6-13-11-5-10(19-2)3-4-12(11)16(17)18/h3-5,7,13H,6H2,1-2H3,(H,14,15). The highest BCUT2D eigenvalue weighted by Crippen LogP contribution is 2.29. The molecule has 1 heterocycles. The molecule has 0 unspecified atom stereocenters. The number of aromatic amines is 1. The number of nitro benzene ring substituents is 1. The molecule has 0 amide bonds. The van der Waals surface area contributed by atoms with E-state index in [1.54, 1.807) is 18.3 Å². The number of ether oxygens (including phenoxy) is 1. The quantitative estimate of drug-likeness (QED) is 0.636. The van der Waals surface area contributed by atoms with Gasteiger partial charge in [-0.05, 0) is 13.0 Å². The lowest BCUT2D eigenvalue weighted by Crippen LogP contribution is -2.03. The molecule has 0 bridgehead atoms. The van der Waals surface area contributed by atoms with E-state index in [0.717, 1.165) is 11.3 Å². The number of hydrogen-bond donors (Lipinski definition) is 2. The van der Waals surface area contributed by atoms with Crippen LogP contribution in [0.15, 0.2) is 24.4 Å². The molecule has 2 rings (SSSR count). The first-order chi connectivity index (χ1) is 9.11. The van der Waals surface area contributed by atoms with Gasteiger partial charge in [0.1, 0.15) is 11.4 Å². The monoisotopic (exact) mass is 262 g/mol. The average Bonchev–Trinajstić information content (AvgIpc) is 2.81. The van der Waals surface area contributed by atoms with Crippen LogP contribution in [0.5, 0.6) is 5.75 Å². The normalized spacial score (nSPS) is 10.2. The van der Waals surface area contributed by atoms with Crippen LogP contribution in [-0.4, -0.2) is 22.2 Å². The van der Waals surface area contributed by atoms with Gasteiger partial charge in [-0.15, -0.1) is 0 Å². The van der Waals surface area contributed by atoms with E-state index >= 15 is 0 Å². The third-order valence-corrected chi connectivity index (χ3v) is 2.80. The summed E-state index contributed by atoms with van der Waals surface area (Å²) < 4.78 is 5.07. The fourth-order valence-electron chi connectivity index (χ4n) is 1.69. The highest BCUT2D eigenvalue weighted by Gasteiger charge is 2.14. The maximum Gasteiger partial charge on any atom is 0.292 e. The second-order valence-electron chi connectivity index (χ2n) is 4.01. The van der Waals surface area contributed by atoms with E-state index in [4.69, 9.17) is 4.74 Å². The lowest BCUT2D eigenvalue weighted by molar-refractivity contribution is -0.384. The number of hydrogen-bond acceptors (Lipinski definition) is 5. The van der Waals surface area contributed by atoms with Gasteiger partial charge in [-0.1, -0.05) is 0 Å². The van der Waals surface area contributed by atoms with E-state index in [1.165, 1.54) is 13.2 Å². The van der Waals surface area contributed by atoms with Crippen molar-refractivity contribution in [3.05, 3.63) is 45.8 Å². The Labute approximate surface area is 109 Å². The van der Waals surface area contributed by atoms with Crippen molar-refractivity contribution in [3.8, 4) is 5.75 Å². The lowest BCUT2D eigenvalue weighted by Gasteiger charge is -2.08. The number of anilines is 1. The Morgan fingerprint density at radius 1 is 1.53 bits per heavy atom. The molecule has 2 aromatic rings. The molecule has 2 N–H and O–H groups in total. The minimum absolute atomic E-state index is 0.0157. The van der Waals surface area contributed by atoms with E-state index in [2.05, 4.69) is 15.5 Å². The predicted octanol–water partition coefficient (Wildman–Crippen LogP) is 2.25. The maximum atomic E-state index is 11.0. The molecular weight excluding hydrogens is 248 g/mol. The fourth-order valence-corrected chi connectivity index (χ4v) is 1.69. The van der Waals surface area contributed by atoms with Crippen molar-refractivity contribution in [3.63, 3.8) is 0 Å². The third-order valence-electron chi connectivity index (χ3n) is 2.80. The number of aryl methyl sites for hydroxylation is 1. The molecule has 7 nitrogen and oxygen atoms in total. The lowest BCUT2D eigenvalue weighted by atomic mass is 10.2. The van der Waals surface area contributed by atoms with Crippen molar-refractivity contribution in [1.82, 2.24) is 10.2 Å². The van der Waals surface area contributed by atoms with Crippen molar-refractivity contribution >= 4 is 11.4 Å². The van der Waals surface area contributed by atoms with Gasteiger partial charge < -0.3 is 10.1 Å². The first-order valence-corrected chi connectivity index (χ1v) is 5.67. The number of benzene rings is 1. The first kappa shape index (κ1) is 12.9. The van der Waals surface area contributed by atoms with Gasteiger partial charge in [-0.2, -0.15) is 5.10 Å². The van der Waals surface area contributed by atoms with Crippen molar-refractivity contribution in [1.29, 1.82) is 0 Å². The molecule has 0 saturated carbocycles. The minimum atomic E-state index is -0.427. The van der Waals surface area contributed by atoms with Crippen LogP contribution in [0.25, 0.3) is 0 Å². The van der Waals surface area contributed by atoms with Crippen LogP contribution in [0, 0.1) is 17.0 Å². The summed E-state index contributed by atoms with van der Waals surface area (Å²) >= 11 is 0. The van der Waals surface area contributed by atoms with Gasteiger partial charge in [0, 0.05) is 29.9 Å². The van der Waals surface area contributed by atoms with Crippen LogP contribution in [-0.2, 0) is 6.54 Å². The molecule has 0 atom stereocenters. The largest absolute Gasteiger partial charge is 0.497 e. The highest BCUT2D eigenvalue weighted by molar-refractivity contribution is 5.64. The Morgan fingerprint density at radius 3 is 2.89 bits per heavy atom. The van der Waals surface area contributed by atoms with E-state index in [0.29, 0.717) is 18.0 Å². The molecule has 0 spiro atoms. The predicted molar refractivity (Wildman–Crippen MR) is 70.3 cm³/mol. The summed E-state index contributed by atoms with van der Waals surface area (Å²) in [5, 5.41) is 20.7. The van der Waals surface area contributed by atoms with Crippen molar-refractivity contribution in [2.75, 3.05) is 12.4 Å². The Hall–Kier alpha value is -2.57. The van der Waals surface area contributed by atoms with E-state index in [1.807, 2.05) is 6.92 Å². The zero-order chi connectivity index (χ0) is 13.8. The Bertz CT molecular complexity index is 594. The zero-order valence-corrected chi connectivity index (χ0v) is 10.6. The second-order valence-corrected chi connectivity index (χ2v) is 4.01. The molecule has 1 aromatic carbocycles. The van der Waals surface area contributed by atoms with Gasteiger partial charge >= 0.3 is 0 Å². The van der Waals surface area contributed by atoms with Crippen LogP contribution in [0.1, 0.15) is 11.3 Å². The van der Waals surface area contributed by atoms with Crippen LogP contribution in [0.2, 0.25) is 0 Å². The molecule has 0 fully saturated rings. The molecule has 0 radical (unpaired) electrons. The molecule has 0 aliphatic heterocycles. The molecule has 1 aromatic heterocycles. The Kier molecular flexibility index (Phi) is 3.65. The van der Waals surface area contributed by atoms with Crippen LogP contribution >= 0.6 is 0 Å². The molecular formula is C12H14N4O3. The maximum absolute atomic E-state index is 11.0. The number of aromatic nitrogens is 2. The van der Waals surface area contributed by atoms with Gasteiger partial charge in [-0.3, -0.25) is 15.2 Å². The zero-order valence-electron chi connectivity index (χ0n) is 10.6. The topological polar surface area (TPSA) is 93.1 Å². The Balaban J connectivity index is 2.22. The summed E-state index contributed by atoms with van der Waals surface area (Å²) in [6.45, 7) is 2.35. The first-order valence-electron chi connectivity index (χ1n) is 5.67. The number of methoxy groups -OCH3 is 1. The summed E-state index contributed by atoms with van der Waals surface area (Å²) in [5.41, 5.74) is 2.32. The molecule has 19 heavy (non-hydrogen) atoms. The Morgan fingerprint density at radius 2 is 2.32 bits per heavy atom. The van der Waals surface area contributed by atoms with Gasteiger partial charge in [-0.25, -0.2) is 0 Å². The van der Waals surface area contributed by atoms with E-state index in [9.17, 15) is 10.1 Å². The smallest absolute Gasteiger partial charge is 0.292 e. The van der Waals surface area contributed by atoms with Crippen LogP contribution < -0.4 is 10.1 Å². The van der Waals surface area contributed by atoms with Crippen LogP contribution in [0.4, 0.5) is 11.4 Å². The minimum Gasteiger partial charge on any atom is -0.497 e. The van der Waals surface area contributed by atoms with Gasteiger partial charge in [0.15, 0.2) is 0 Å². The molecule has 0 aliphatic rings. The van der Waals surface area contributed by atoms with Gasteiger partial charge in [0.05, 0.1) is 18.2 Å². The number of nitrogens with one attached hydrogen (secondary N) is 2. The highest BCUT2D eigenvalue weighted by atomic mass is 16.6. The van der Waals surface area contributed by atoms with Gasteiger partial charge in [0.2, 0.25) is 0 Å². The van der Waals surface area contributed by atoms with Crippen molar-refractivity contribution in [2.45, 2.75) is 13.5 Å². The average molecular weight is 262 g/mol. The molecule has 0 aliphatic carbocycles. The SMILES string of the molecule is COc1ccc([N+](=O)[O-])c(NCc2cn[nH]c2C)c1. The number of nitrogens with zero attached hydrogens (tertiary/aromatic N) is 2. The summed E-state index contributed by atoms with van der Waals surface area (Å²) in [6, 6.07) is 4.59. The second kappa shape index (κ2) is 5.38. The van der Waals surface area contributed by atoms with E-state index < -0.39 is 4.92 Å². The number of H-pyrrole nitrogens is 1. The van der Waals surface area contributed by atoms with Crippen molar-refractivity contribution < 1.29 is 9.66 Å². The van der Waals surface area contributed by atoms with Crippen LogP contribution in [0.3, 0.4) is 0 Å². The van der Waals surface area contributed by atoms with E-state index in [-0.39, 0.29) is 5.69 Å². The molecule has 7 heteroatoms. The summed E-state index contributed by atoms with van der Waals surface area (Å²) in [5.74, 6) is 0.567. The van der Waals surface area contributed by atoms with Gasteiger partial charge in [0.25, 0.3) is 5.69 Å². The molecule has 0 saturated heterocycles. The molecule has 100 valence electrons.